The highest BCUT2D eigenvalue weighted by Crippen LogP contribution is 1.90. The van der Waals surface area contributed by atoms with Crippen LogP contribution in [0.1, 0.15) is 20.3 Å². The molecule has 4 heteroatoms. The standard InChI is InChI=1S/C8H16N2O2/c1-3-10(4-2)6-7(11)5-8(9)12/h3-6H2,1-2H3,(H2,9,12). The molecule has 12 heavy (non-hydrogen) atoms. The van der Waals surface area contributed by atoms with Crippen LogP contribution in [0.5, 0.6) is 0 Å². The Hall–Kier alpha value is -0.900. The molecule has 70 valence electrons. The summed E-state index contributed by atoms with van der Waals surface area (Å²) in [5.74, 6) is -0.654. The summed E-state index contributed by atoms with van der Waals surface area (Å²) in [4.78, 5) is 23.3. The van der Waals surface area contributed by atoms with Crippen LogP contribution in [0.2, 0.25) is 0 Å². The first-order valence-electron chi connectivity index (χ1n) is 4.12. The molecule has 0 aromatic carbocycles. The minimum atomic E-state index is -0.549. The first-order chi connectivity index (χ1) is 5.60. The molecule has 0 saturated heterocycles. The van der Waals surface area contributed by atoms with Crippen molar-refractivity contribution in [2.45, 2.75) is 20.3 Å². The van der Waals surface area contributed by atoms with Crippen LogP contribution >= 0.6 is 0 Å². The fraction of sp³-hybridized carbons (Fsp3) is 0.750. The van der Waals surface area contributed by atoms with Crippen molar-refractivity contribution in [3.05, 3.63) is 0 Å². The zero-order chi connectivity index (χ0) is 9.56. The van der Waals surface area contributed by atoms with E-state index in [1.807, 2.05) is 18.7 Å². The molecule has 0 aromatic heterocycles. The van der Waals surface area contributed by atoms with Gasteiger partial charge in [0.25, 0.3) is 0 Å². The summed E-state index contributed by atoms with van der Waals surface area (Å²) < 4.78 is 0. The predicted octanol–water partition coefficient (Wildman–Crippen LogP) is -0.227. The molecule has 4 nitrogen and oxygen atoms in total. The topological polar surface area (TPSA) is 63.4 Å². The molecule has 2 N–H and O–H groups in total. The fourth-order valence-electron chi connectivity index (χ4n) is 0.947. The van der Waals surface area contributed by atoms with Gasteiger partial charge < -0.3 is 5.73 Å². The Balaban J connectivity index is 3.74. The van der Waals surface area contributed by atoms with Gasteiger partial charge in [-0.3, -0.25) is 14.5 Å². The molecular weight excluding hydrogens is 156 g/mol. The molecule has 0 aliphatic rings. The Morgan fingerprint density at radius 2 is 1.75 bits per heavy atom. The molecule has 0 aromatic rings. The second-order valence-electron chi connectivity index (χ2n) is 2.64. The number of likely N-dealkylation sites (N-methyl/N-ethyl adjacent to an activating group) is 1. The normalized spacial score (nSPS) is 10.2. The van der Waals surface area contributed by atoms with Gasteiger partial charge in [0.2, 0.25) is 5.91 Å². The lowest BCUT2D eigenvalue weighted by molar-refractivity contribution is -0.127. The van der Waals surface area contributed by atoms with E-state index < -0.39 is 5.91 Å². The van der Waals surface area contributed by atoms with E-state index in [2.05, 4.69) is 0 Å². The van der Waals surface area contributed by atoms with E-state index in [0.29, 0.717) is 6.54 Å². The van der Waals surface area contributed by atoms with Gasteiger partial charge in [-0.2, -0.15) is 0 Å². The Kier molecular flexibility index (Phi) is 5.28. The molecule has 0 aliphatic heterocycles. The smallest absolute Gasteiger partial charge is 0.224 e. The predicted molar refractivity (Wildman–Crippen MR) is 46.6 cm³/mol. The van der Waals surface area contributed by atoms with Crippen LogP contribution in [0.4, 0.5) is 0 Å². The van der Waals surface area contributed by atoms with Crippen molar-refractivity contribution in [3.63, 3.8) is 0 Å². The van der Waals surface area contributed by atoms with Crippen LogP contribution in [0.3, 0.4) is 0 Å². The Morgan fingerprint density at radius 3 is 2.08 bits per heavy atom. The van der Waals surface area contributed by atoms with Gasteiger partial charge in [0, 0.05) is 0 Å². The number of carbonyl (C=O) groups is 2. The summed E-state index contributed by atoms with van der Waals surface area (Å²) in [6, 6.07) is 0. The van der Waals surface area contributed by atoms with Crippen molar-refractivity contribution in [2.75, 3.05) is 19.6 Å². The average molecular weight is 172 g/mol. The number of hydrogen-bond acceptors (Lipinski definition) is 3. The second-order valence-corrected chi connectivity index (χ2v) is 2.64. The van der Waals surface area contributed by atoms with Gasteiger partial charge in [-0.15, -0.1) is 0 Å². The summed E-state index contributed by atoms with van der Waals surface area (Å²) in [5, 5.41) is 0. The zero-order valence-corrected chi connectivity index (χ0v) is 7.67. The van der Waals surface area contributed by atoms with Crippen LogP contribution < -0.4 is 5.73 Å². The molecule has 0 fully saturated rings. The third-order valence-corrected chi connectivity index (χ3v) is 1.67. The molecular formula is C8H16N2O2. The summed E-state index contributed by atoms with van der Waals surface area (Å²) >= 11 is 0. The average Bonchev–Trinajstić information content (AvgIpc) is 1.98. The van der Waals surface area contributed by atoms with Crippen molar-refractivity contribution < 1.29 is 9.59 Å². The summed E-state index contributed by atoms with van der Waals surface area (Å²) in [6.45, 7) is 5.92. The van der Waals surface area contributed by atoms with Crippen LogP contribution in [0.25, 0.3) is 0 Å². The van der Waals surface area contributed by atoms with Gasteiger partial charge in [0.15, 0.2) is 5.78 Å². The quantitative estimate of drug-likeness (QED) is 0.563. The lowest BCUT2D eigenvalue weighted by Crippen LogP contribution is -2.31. The number of amides is 1. The molecule has 0 aliphatic carbocycles. The maximum absolute atomic E-state index is 11.0. The Labute approximate surface area is 72.7 Å². The van der Waals surface area contributed by atoms with Crippen LogP contribution in [-0.2, 0) is 9.59 Å². The fourth-order valence-corrected chi connectivity index (χ4v) is 0.947. The highest BCUT2D eigenvalue weighted by Gasteiger charge is 2.09. The Morgan fingerprint density at radius 1 is 1.25 bits per heavy atom. The van der Waals surface area contributed by atoms with Crippen molar-refractivity contribution >= 4 is 11.7 Å². The maximum Gasteiger partial charge on any atom is 0.224 e. The van der Waals surface area contributed by atoms with Crippen molar-refractivity contribution in [3.8, 4) is 0 Å². The number of primary amides is 1. The lowest BCUT2D eigenvalue weighted by atomic mass is 10.2. The zero-order valence-electron chi connectivity index (χ0n) is 7.67. The molecule has 0 atom stereocenters. The molecule has 1 amide bonds. The van der Waals surface area contributed by atoms with Crippen LogP contribution in [0, 0.1) is 0 Å². The second kappa shape index (κ2) is 5.71. The van der Waals surface area contributed by atoms with Gasteiger partial charge in [-0.1, -0.05) is 13.8 Å². The number of hydrogen-bond donors (Lipinski definition) is 1. The van der Waals surface area contributed by atoms with Gasteiger partial charge in [0.05, 0.1) is 13.0 Å². The van der Waals surface area contributed by atoms with Gasteiger partial charge >= 0.3 is 0 Å². The van der Waals surface area contributed by atoms with Crippen LogP contribution in [-0.4, -0.2) is 36.2 Å². The van der Waals surface area contributed by atoms with Crippen molar-refractivity contribution in [2.24, 2.45) is 5.73 Å². The minimum Gasteiger partial charge on any atom is -0.369 e. The first-order valence-corrected chi connectivity index (χ1v) is 4.12. The lowest BCUT2D eigenvalue weighted by Gasteiger charge is -2.15. The minimum absolute atomic E-state index is 0.105. The molecule has 0 spiro atoms. The molecule has 0 unspecified atom stereocenters. The summed E-state index contributed by atoms with van der Waals surface area (Å²) in [6.07, 6.45) is -0.142. The SMILES string of the molecule is CCN(CC)CC(=O)CC(N)=O. The van der Waals surface area contributed by atoms with E-state index >= 15 is 0 Å². The maximum atomic E-state index is 11.0. The number of carbonyl (C=O) groups excluding carboxylic acids is 2. The molecule has 0 bridgehead atoms. The van der Waals surface area contributed by atoms with E-state index in [4.69, 9.17) is 5.73 Å². The first kappa shape index (κ1) is 11.1. The van der Waals surface area contributed by atoms with E-state index in [0.717, 1.165) is 13.1 Å². The molecule has 0 rings (SSSR count). The molecule has 0 heterocycles. The summed E-state index contributed by atoms with van der Waals surface area (Å²) in [5.41, 5.74) is 4.87. The third-order valence-electron chi connectivity index (χ3n) is 1.67. The third kappa shape index (κ3) is 4.85. The van der Waals surface area contributed by atoms with Gasteiger partial charge in [-0.25, -0.2) is 0 Å². The van der Waals surface area contributed by atoms with E-state index in [-0.39, 0.29) is 12.2 Å². The van der Waals surface area contributed by atoms with E-state index in [1.54, 1.807) is 0 Å². The monoisotopic (exact) mass is 172 g/mol. The van der Waals surface area contributed by atoms with Gasteiger partial charge in [0.1, 0.15) is 0 Å². The highest BCUT2D eigenvalue weighted by molar-refractivity contribution is 5.98. The largest absolute Gasteiger partial charge is 0.369 e. The number of rotatable bonds is 6. The van der Waals surface area contributed by atoms with Crippen molar-refractivity contribution in [1.29, 1.82) is 0 Å². The number of ketones is 1. The van der Waals surface area contributed by atoms with Gasteiger partial charge in [-0.05, 0) is 13.1 Å². The van der Waals surface area contributed by atoms with E-state index in [9.17, 15) is 9.59 Å². The number of nitrogens with two attached hydrogens (primary N) is 1. The van der Waals surface area contributed by atoms with Crippen molar-refractivity contribution in [1.82, 2.24) is 4.90 Å². The number of nitrogens with zero attached hydrogens (tertiary/aromatic N) is 1. The highest BCUT2D eigenvalue weighted by atomic mass is 16.2. The molecule has 0 radical (unpaired) electrons. The molecule has 0 saturated carbocycles. The van der Waals surface area contributed by atoms with E-state index in [1.165, 1.54) is 0 Å². The Bertz CT molecular complexity index is 164. The van der Waals surface area contributed by atoms with Crippen LogP contribution in [0.15, 0.2) is 0 Å². The summed E-state index contributed by atoms with van der Waals surface area (Å²) in [7, 11) is 0. The number of Topliss-reactive ketones (excluding diaryl/α,β-unsaturated/α-hetero) is 1.